The molecule has 0 radical (unpaired) electrons. The molecule has 5 heteroatoms. The number of nitrogens with zero attached hydrogens (tertiary/aromatic N) is 2. The average molecular weight is 435 g/mol. The van der Waals surface area contributed by atoms with Crippen LogP contribution in [0.2, 0.25) is 0 Å². The fourth-order valence-electron chi connectivity index (χ4n) is 3.94. The largest absolute Gasteiger partial charge is 0.496 e. The summed E-state index contributed by atoms with van der Waals surface area (Å²) >= 11 is 3.60. The van der Waals surface area contributed by atoms with Crippen LogP contribution in [-0.4, -0.2) is 17.8 Å². The molecular formula is C23H19BrN2O2. The maximum absolute atomic E-state index is 6.43. The summed E-state index contributed by atoms with van der Waals surface area (Å²) in [4.78, 5) is 0. The van der Waals surface area contributed by atoms with Crippen molar-refractivity contribution in [2.45, 2.75) is 18.7 Å². The van der Waals surface area contributed by atoms with Crippen LogP contribution in [0.15, 0.2) is 82.4 Å². The highest BCUT2D eigenvalue weighted by atomic mass is 79.9. The molecule has 0 amide bonds. The lowest BCUT2D eigenvalue weighted by Crippen LogP contribution is -2.34. The Morgan fingerprint density at radius 3 is 2.61 bits per heavy atom. The normalized spacial score (nSPS) is 20.1. The van der Waals surface area contributed by atoms with Gasteiger partial charge in [-0.05, 0) is 35.9 Å². The molecule has 5 rings (SSSR count). The van der Waals surface area contributed by atoms with Crippen LogP contribution in [0.25, 0.3) is 0 Å². The van der Waals surface area contributed by atoms with Gasteiger partial charge in [-0.15, -0.1) is 0 Å². The van der Waals surface area contributed by atoms with Gasteiger partial charge in [0.05, 0.1) is 24.4 Å². The molecule has 0 fully saturated rings. The van der Waals surface area contributed by atoms with Crippen molar-refractivity contribution < 1.29 is 9.47 Å². The summed E-state index contributed by atoms with van der Waals surface area (Å²) in [5.41, 5.74) is 4.34. The highest BCUT2D eigenvalue weighted by molar-refractivity contribution is 9.10. The van der Waals surface area contributed by atoms with E-state index in [1.165, 1.54) is 0 Å². The number of benzene rings is 3. The third-order valence-corrected chi connectivity index (χ3v) is 5.76. The molecule has 0 aromatic heterocycles. The van der Waals surface area contributed by atoms with Crippen LogP contribution >= 0.6 is 15.9 Å². The second kappa shape index (κ2) is 6.99. The maximum Gasteiger partial charge on any atom is 0.217 e. The quantitative estimate of drug-likeness (QED) is 0.529. The molecule has 0 unspecified atom stereocenters. The minimum absolute atomic E-state index is 0.117. The van der Waals surface area contributed by atoms with Crippen LogP contribution in [-0.2, 0) is 0 Å². The van der Waals surface area contributed by atoms with Crippen LogP contribution < -0.4 is 9.47 Å². The number of ether oxygens (including phenoxy) is 2. The van der Waals surface area contributed by atoms with Crippen molar-refractivity contribution in [3.8, 4) is 11.5 Å². The number of para-hydroxylation sites is 1. The van der Waals surface area contributed by atoms with Crippen molar-refractivity contribution in [1.82, 2.24) is 5.01 Å². The van der Waals surface area contributed by atoms with Crippen molar-refractivity contribution in [2.75, 3.05) is 7.11 Å². The zero-order valence-corrected chi connectivity index (χ0v) is 17.0. The molecule has 3 aromatic carbocycles. The van der Waals surface area contributed by atoms with E-state index in [0.717, 1.165) is 44.8 Å². The van der Waals surface area contributed by atoms with Crippen LogP contribution in [0, 0.1) is 0 Å². The predicted molar refractivity (Wildman–Crippen MR) is 113 cm³/mol. The van der Waals surface area contributed by atoms with E-state index in [9.17, 15) is 0 Å². The van der Waals surface area contributed by atoms with Crippen LogP contribution in [0.5, 0.6) is 11.5 Å². The molecule has 2 aliphatic rings. The topological polar surface area (TPSA) is 34.1 Å². The first-order valence-corrected chi connectivity index (χ1v) is 10.0. The average Bonchev–Trinajstić information content (AvgIpc) is 3.20. The highest BCUT2D eigenvalue weighted by Crippen LogP contribution is 2.49. The molecule has 3 aromatic rings. The lowest BCUT2D eigenvalue weighted by Gasteiger charge is -2.38. The van der Waals surface area contributed by atoms with E-state index in [4.69, 9.17) is 14.6 Å². The van der Waals surface area contributed by atoms with Gasteiger partial charge in [0.2, 0.25) is 6.23 Å². The first-order valence-electron chi connectivity index (χ1n) is 9.25. The number of fused-ring (bicyclic) bond motifs is 3. The second-order valence-electron chi connectivity index (χ2n) is 6.91. The molecule has 2 aliphatic heterocycles. The van der Waals surface area contributed by atoms with Gasteiger partial charge in [-0.3, -0.25) is 0 Å². The van der Waals surface area contributed by atoms with E-state index in [-0.39, 0.29) is 12.3 Å². The first kappa shape index (κ1) is 17.3. The third kappa shape index (κ3) is 2.87. The molecule has 2 heterocycles. The molecule has 0 saturated heterocycles. The highest BCUT2D eigenvalue weighted by Gasteiger charge is 2.41. The Morgan fingerprint density at radius 2 is 1.79 bits per heavy atom. The lowest BCUT2D eigenvalue weighted by molar-refractivity contribution is -0.0203. The molecule has 0 aliphatic carbocycles. The monoisotopic (exact) mass is 434 g/mol. The minimum Gasteiger partial charge on any atom is -0.496 e. The Bertz CT molecular complexity index is 1050. The van der Waals surface area contributed by atoms with Crippen molar-refractivity contribution in [2.24, 2.45) is 5.10 Å². The van der Waals surface area contributed by atoms with Gasteiger partial charge in [-0.2, -0.15) is 5.10 Å². The number of rotatable bonds is 3. The van der Waals surface area contributed by atoms with Crippen molar-refractivity contribution in [3.05, 3.63) is 94.0 Å². The van der Waals surface area contributed by atoms with Gasteiger partial charge < -0.3 is 9.47 Å². The summed E-state index contributed by atoms with van der Waals surface area (Å²) in [5.74, 6) is 1.69. The zero-order valence-electron chi connectivity index (χ0n) is 15.4. The molecule has 28 heavy (non-hydrogen) atoms. The van der Waals surface area contributed by atoms with E-state index >= 15 is 0 Å². The van der Waals surface area contributed by atoms with Gasteiger partial charge >= 0.3 is 0 Å². The molecule has 0 bridgehead atoms. The summed E-state index contributed by atoms with van der Waals surface area (Å²) in [6.45, 7) is 0. The van der Waals surface area contributed by atoms with Gasteiger partial charge in [0.15, 0.2) is 0 Å². The number of hydrogen-bond acceptors (Lipinski definition) is 4. The van der Waals surface area contributed by atoms with Gasteiger partial charge in [-0.1, -0.05) is 58.4 Å². The molecule has 0 spiro atoms. The maximum atomic E-state index is 6.43. The molecule has 140 valence electrons. The van der Waals surface area contributed by atoms with Crippen molar-refractivity contribution >= 4 is 21.6 Å². The van der Waals surface area contributed by atoms with Gasteiger partial charge in [0.25, 0.3) is 0 Å². The molecule has 4 nitrogen and oxygen atoms in total. The van der Waals surface area contributed by atoms with Crippen molar-refractivity contribution in [1.29, 1.82) is 0 Å². The summed E-state index contributed by atoms with van der Waals surface area (Å²) in [6, 6.07) is 24.6. The number of methoxy groups -OCH3 is 1. The fraction of sp³-hybridized carbons (Fsp3) is 0.174. The Hall–Kier alpha value is -2.79. The molecule has 2 atom stereocenters. The summed E-state index contributed by atoms with van der Waals surface area (Å²) < 4.78 is 13.1. The zero-order chi connectivity index (χ0) is 19.1. The summed E-state index contributed by atoms with van der Waals surface area (Å²) in [7, 11) is 1.69. The van der Waals surface area contributed by atoms with Gasteiger partial charge in [0, 0.05) is 16.5 Å². The van der Waals surface area contributed by atoms with E-state index in [1.807, 2.05) is 54.6 Å². The molecule has 0 N–H and O–H groups in total. The fourth-order valence-corrected chi connectivity index (χ4v) is 4.32. The van der Waals surface area contributed by atoms with Gasteiger partial charge in [0.1, 0.15) is 11.5 Å². The predicted octanol–water partition coefficient (Wildman–Crippen LogP) is 5.70. The number of halogens is 1. The third-order valence-electron chi connectivity index (χ3n) is 5.26. The Kier molecular flexibility index (Phi) is 4.32. The number of hydrazone groups is 1. The van der Waals surface area contributed by atoms with Gasteiger partial charge in [-0.25, -0.2) is 5.01 Å². The summed E-state index contributed by atoms with van der Waals surface area (Å²) in [5, 5.41) is 7.07. The number of hydrogen-bond donors (Lipinski definition) is 0. The smallest absolute Gasteiger partial charge is 0.217 e. The Labute approximate surface area is 172 Å². The van der Waals surface area contributed by atoms with Crippen LogP contribution in [0.4, 0.5) is 0 Å². The standard InChI is InChI=1S/C23H19BrN2O2/c1-27-21-10-6-5-9-17(21)23-26-20(18-13-16(24)11-12-22(18)28-23)14-19(25-26)15-7-3-2-4-8-15/h2-13,20,23H,14H2,1H3/t20-,23+/m1/s1. The minimum atomic E-state index is -0.337. The second-order valence-corrected chi connectivity index (χ2v) is 7.82. The van der Waals surface area contributed by atoms with Crippen LogP contribution in [0.3, 0.4) is 0 Å². The SMILES string of the molecule is COc1ccccc1[C@@H]1Oc2ccc(Br)cc2[C@H]2CC(c3ccccc3)=NN21. The molecule has 0 saturated carbocycles. The van der Waals surface area contributed by atoms with E-state index in [0.29, 0.717) is 0 Å². The van der Waals surface area contributed by atoms with E-state index in [1.54, 1.807) is 7.11 Å². The first-order chi connectivity index (χ1) is 13.7. The van der Waals surface area contributed by atoms with E-state index in [2.05, 4.69) is 39.1 Å². The van der Waals surface area contributed by atoms with E-state index < -0.39 is 0 Å². The summed E-state index contributed by atoms with van der Waals surface area (Å²) in [6.07, 6.45) is 0.499. The lowest BCUT2D eigenvalue weighted by atomic mass is 9.96. The molecular weight excluding hydrogens is 416 g/mol. The Morgan fingerprint density at radius 1 is 1.00 bits per heavy atom. The van der Waals surface area contributed by atoms with Crippen LogP contribution in [0.1, 0.15) is 35.4 Å². The van der Waals surface area contributed by atoms with Crippen molar-refractivity contribution in [3.63, 3.8) is 0 Å². The Balaban J connectivity index is 1.64.